The number of nitrogens with one attached hydrogen (secondary N) is 8. The Hall–Kier alpha value is -5.34. The molecule has 0 atom stereocenters. The number of amides is 10. The minimum atomic E-state index is -0.162. The Bertz CT molecular complexity index is 658. The first-order valence-electron chi connectivity index (χ1n) is 12.1. The average molecular weight is 623 g/mol. The Kier molecular flexibility index (Phi) is 42.7. The molecule has 0 unspecified atom stereocenters. The molecule has 21 nitrogen and oxygen atoms in total. The van der Waals surface area contributed by atoms with E-state index < -0.39 is 0 Å². The van der Waals surface area contributed by atoms with Crippen LogP contribution in [0.4, 0.5) is 0 Å². The van der Waals surface area contributed by atoms with Gasteiger partial charge in [0.05, 0.1) is 32.8 Å². The molecule has 0 saturated heterocycles. The van der Waals surface area contributed by atoms with E-state index in [2.05, 4.69) is 42.5 Å². The summed E-state index contributed by atoms with van der Waals surface area (Å²) in [6.07, 6.45) is 5.24. The van der Waals surface area contributed by atoms with Crippen LogP contribution in [0.15, 0.2) is 0 Å². The maximum atomic E-state index is 10.1. The monoisotopic (exact) mass is 622 g/mol. The summed E-state index contributed by atoms with van der Waals surface area (Å²) in [5.74, 6) is 0.287. The van der Waals surface area contributed by atoms with Gasteiger partial charge in [0.15, 0.2) is 0 Å². The molecule has 0 bridgehead atoms. The van der Waals surface area contributed by atoms with Gasteiger partial charge in [-0.15, -0.1) is 0 Å². The van der Waals surface area contributed by atoms with Crippen molar-refractivity contribution in [2.45, 2.75) is 13.0 Å². The number of methoxy groups -OCH3 is 1. The smallest absolute Gasteiger partial charge is 0.212 e. The minimum absolute atomic E-state index is 0.0911. The SMILES string of the molecule is CC(CNC=O)CNC=O.COC(CNC=O)CNC=O.O=CNCN(C=O)CNC=O.O=CNCN(C=O)CNC=O. The lowest BCUT2D eigenvalue weighted by Gasteiger charge is -2.14. The molecule has 8 N–H and O–H groups in total. The van der Waals surface area contributed by atoms with Gasteiger partial charge in [-0.05, 0) is 5.92 Å². The van der Waals surface area contributed by atoms with Gasteiger partial charge in [-0.25, -0.2) is 0 Å². The molecule has 0 aliphatic heterocycles. The second-order valence-electron chi connectivity index (χ2n) is 7.38. The third-order valence-electron chi connectivity index (χ3n) is 4.10. The predicted molar refractivity (Wildman–Crippen MR) is 148 cm³/mol. The summed E-state index contributed by atoms with van der Waals surface area (Å²) in [7, 11) is 1.52. The number of carbonyl (C=O) groups excluding carboxylic acids is 10. The van der Waals surface area contributed by atoms with Crippen molar-refractivity contribution in [2.24, 2.45) is 5.92 Å². The van der Waals surface area contributed by atoms with E-state index in [1.54, 1.807) is 0 Å². The first-order chi connectivity index (χ1) is 20.8. The molecule has 0 aromatic heterocycles. The maximum absolute atomic E-state index is 10.1. The van der Waals surface area contributed by atoms with Crippen molar-refractivity contribution in [2.75, 3.05) is 60.0 Å². The van der Waals surface area contributed by atoms with Gasteiger partial charge in [0.1, 0.15) is 0 Å². The van der Waals surface area contributed by atoms with Crippen molar-refractivity contribution in [3.63, 3.8) is 0 Å². The number of rotatable bonds is 27. The molecule has 0 heterocycles. The van der Waals surface area contributed by atoms with Gasteiger partial charge < -0.3 is 57.1 Å². The molecule has 0 fully saturated rings. The maximum Gasteiger partial charge on any atom is 0.212 e. The van der Waals surface area contributed by atoms with Crippen LogP contribution in [0.5, 0.6) is 0 Å². The molecule has 0 rings (SSSR count). The predicted octanol–water partition coefficient (Wildman–Crippen LogP) is -6.69. The van der Waals surface area contributed by atoms with Crippen molar-refractivity contribution in [1.29, 1.82) is 0 Å². The van der Waals surface area contributed by atoms with Gasteiger partial charge in [0.2, 0.25) is 64.1 Å². The summed E-state index contributed by atoms with van der Waals surface area (Å²) in [5.41, 5.74) is 0. The van der Waals surface area contributed by atoms with Crippen LogP contribution in [0, 0.1) is 5.92 Å². The molecule has 43 heavy (non-hydrogen) atoms. The van der Waals surface area contributed by atoms with E-state index in [4.69, 9.17) is 4.74 Å². The minimum Gasteiger partial charge on any atom is -0.378 e. The Morgan fingerprint density at radius 1 is 0.465 bits per heavy atom. The van der Waals surface area contributed by atoms with Gasteiger partial charge in [0.25, 0.3) is 0 Å². The van der Waals surface area contributed by atoms with E-state index in [1.165, 1.54) is 16.9 Å². The highest BCUT2D eigenvalue weighted by Crippen LogP contribution is 1.86. The molecule has 0 aliphatic rings. The Morgan fingerprint density at radius 2 is 0.721 bits per heavy atom. The van der Waals surface area contributed by atoms with Gasteiger partial charge in [0, 0.05) is 33.3 Å². The highest BCUT2D eigenvalue weighted by molar-refractivity contribution is 5.52. The van der Waals surface area contributed by atoms with Crippen molar-refractivity contribution < 1.29 is 52.7 Å². The molecule has 0 radical (unpaired) electrons. The fraction of sp³-hybridized carbons (Fsp3) is 0.545. The number of hydrogen-bond acceptors (Lipinski definition) is 11. The standard InChI is InChI=1S/C6H12N2O3.C6H12N2O2.2C5H9N3O3/c1-11-6(2-7-4-9)3-8-5-10;1-6(2-7-4-9)3-8-5-10;2*9-3-6-1-8(5-11)2-7-4-10/h4-6H,2-3H2,1H3,(H,7,9)(H,8,10);4-6H,2-3H2,1H3,(H,7,9)(H,8,10);2*3-5H,1-2H2,(H,6,9)(H,7,10). The zero-order valence-corrected chi connectivity index (χ0v) is 24.0. The van der Waals surface area contributed by atoms with E-state index in [0.29, 0.717) is 90.3 Å². The molecule has 0 aliphatic carbocycles. The molecular weight excluding hydrogens is 580 g/mol. The van der Waals surface area contributed by atoms with Crippen LogP contribution in [0.1, 0.15) is 6.92 Å². The van der Waals surface area contributed by atoms with Crippen molar-refractivity contribution in [1.82, 2.24) is 52.3 Å². The van der Waals surface area contributed by atoms with Crippen LogP contribution in [-0.2, 0) is 52.7 Å². The lowest BCUT2D eigenvalue weighted by Crippen LogP contribution is -2.38. The second-order valence-corrected chi connectivity index (χ2v) is 7.38. The molecule has 0 spiro atoms. The molecular formula is C22H42N10O11. The Labute approximate surface area is 248 Å². The fourth-order valence-electron chi connectivity index (χ4n) is 2.05. The van der Waals surface area contributed by atoms with Crippen LogP contribution >= 0.6 is 0 Å². The lowest BCUT2D eigenvalue weighted by atomic mass is 10.2. The third-order valence-corrected chi connectivity index (χ3v) is 4.10. The fourth-order valence-corrected chi connectivity index (χ4v) is 2.05. The molecule has 0 aromatic rings. The number of ether oxygens (including phenoxy) is 1. The Balaban J connectivity index is -0.000000236. The number of nitrogens with zero attached hydrogens (tertiary/aromatic N) is 2. The molecule has 0 saturated carbocycles. The van der Waals surface area contributed by atoms with Crippen molar-refractivity contribution >= 4 is 64.1 Å². The van der Waals surface area contributed by atoms with Gasteiger partial charge in [-0.2, -0.15) is 0 Å². The molecule has 246 valence electrons. The summed E-state index contributed by atoms with van der Waals surface area (Å²) in [5, 5.41) is 19.0. The van der Waals surface area contributed by atoms with E-state index >= 15 is 0 Å². The topological polar surface area (TPSA) is 283 Å². The molecule has 21 heteroatoms. The van der Waals surface area contributed by atoms with Crippen LogP contribution < -0.4 is 42.5 Å². The van der Waals surface area contributed by atoms with Crippen LogP contribution in [0.25, 0.3) is 0 Å². The molecule has 10 amide bonds. The zero-order chi connectivity index (χ0) is 33.4. The first-order valence-corrected chi connectivity index (χ1v) is 12.1. The number of hydrogen-bond donors (Lipinski definition) is 8. The van der Waals surface area contributed by atoms with E-state index in [1.807, 2.05) is 6.92 Å². The first kappa shape index (κ1) is 44.7. The van der Waals surface area contributed by atoms with Gasteiger partial charge >= 0.3 is 0 Å². The average Bonchev–Trinajstić information content (AvgIpc) is 3.04. The number of carbonyl (C=O) groups is 10. The quantitative estimate of drug-likeness (QED) is 0.0315. The Morgan fingerprint density at radius 3 is 0.930 bits per heavy atom. The summed E-state index contributed by atoms with van der Waals surface area (Å²) in [6.45, 7) is 4.31. The van der Waals surface area contributed by atoms with Gasteiger partial charge in [-0.1, -0.05) is 6.92 Å². The van der Waals surface area contributed by atoms with E-state index in [9.17, 15) is 47.9 Å². The van der Waals surface area contributed by atoms with Crippen LogP contribution in [-0.4, -0.2) is 140 Å². The third kappa shape index (κ3) is 41.3. The van der Waals surface area contributed by atoms with E-state index in [0.717, 1.165) is 0 Å². The summed E-state index contributed by atoms with van der Waals surface area (Å²) in [4.78, 5) is 101. The van der Waals surface area contributed by atoms with Gasteiger partial charge in [-0.3, -0.25) is 47.9 Å². The largest absolute Gasteiger partial charge is 0.378 e. The lowest BCUT2D eigenvalue weighted by molar-refractivity contribution is -0.122. The normalized spacial score (nSPS) is 8.56. The molecule has 0 aromatic carbocycles. The zero-order valence-electron chi connectivity index (χ0n) is 24.0. The van der Waals surface area contributed by atoms with Crippen molar-refractivity contribution in [3.8, 4) is 0 Å². The summed E-state index contributed by atoms with van der Waals surface area (Å²) >= 11 is 0. The van der Waals surface area contributed by atoms with Crippen LogP contribution in [0.3, 0.4) is 0 Å². The second kappa shape index (κ2) is 41.1. The summed E-state index contributed by atoms with van der Waals surface area (Å²) < 4.78 is 4.91. The highest BCUT2D eigenvalue weighted by Gasteiger charge is 2.04. The van der Waals surface area contributed by atoms with Crippen LogP contribution in [0.2, 0.25) is 0 Å². The van der Waals surface area contributed by atoms with E-state index in [-0.39, 0.29) is 38.7 Å². The summed E-state index contributed by atoms with van der Waals surface area (Å²) in [6, 6.07) is 0. The van der Waals surface area contributed by atoms with Crippen molar-refractivity contribution in [3.05, 3.63) is 0 Å². The highest BCUT2D eigenvalue weighted by atomic mass is 16.5.